The first-order valence-electron chi connectivity index (χ1n) is 4.35. The van der Waals surface area contributed by atoms with Crippen LogP contribution in [0.3, 0.4) is 0 Å². The summed E-state index contributed by atoms with van der Waals surface area (Å²) in [7, 11) is -3.96. The summed E-state index contributed by atoms with van der Waals surface area (Å²) < 4.78 is 0. The van der Waals surface area contributed by atoms with Gasteiger partial charge in [-0.2, -0.15) is 15.0 Å². The zero-order valence-corrected chi connectivity index (χ0v) is 10.6. The second-order valence-electron chi connectivity index (χ2n) is 3.00. The lowest BCUT2D eigenvalue weighted by Crippen LogP contribution is -2.34. The molecule has 0 atom stereocenters. The normalized spacial score (nSPS) is 11.6. The lowest BCUT2D eigenvalue weighted by molar-refractivity contribution is 0.227. The van der Waals surface area contributed by atoms with Gasteiger partial charge in [-0.1, -0.05) is 0 Å². The van der Waals surface area contributed by atoms with E-state index in [0.717, 1.165) is 0 Å². The van der Waals surface area contributed by atoms with E-state index in [1.165, 1.54) is 0 Å². The van der Waals surface area contributed by atoms with Gasteiger partial charge in [0.25, 0.3) is 0 Å². The molecule has 1 rings (SSSR count). The Morgan fingerprint density at radius 1 is 1.06 bits per heavy atom. The van der Waals surface area contributed by atoms with Gasteiger partial charge in [0.15, 0.2) is 0 Å². The van der Waals surface area contributed by atoms with Gasteiger partial charge in [-0.25, -0.2) is 0 Å². The Bertz CT molecular complexity index is 342. The van der Waals surface area contributed by atoms with E-state index in [1.807, 2.05) is 0 Å². The fraction of sp³-hybridized carbons (Fsp3) is 0.500. The largest absolute Gasteiger partial charge is 0.492 e. The van der Waals surface area contributed by atoms with Gasteiger partial charge in [0.05, 0.1) is 0 Å². The second kappa shape index (κ2) is 5.71. The van der Waals surface area contributed by atoms with Crippen molar-refractivity contribution in [1.82, 2.24) is 15.0 Å². The first-order valence-corrected chi connectivity index (χ1v) is 7.15. The van der Waals surface area contributed by atoms with E-state index in [-0.39, 0.29) is 22.6 Å². The molecule has 7 nitrogen and oxygen atoms in total. The molecule has 16 heavy (non-hydrogen) atoms. The maximum Gasteiger partial charge on any atom is 0.492 e. The monoisotopic (exact) mass is 284 g/mol. The van der Waals surface area contributed by atoms with Gasteiger partial charge in [0.2, 0.25) is 16.5 Å². The summed E-state index contributed by atoms with van der Waals surface area (Å²) in [5, 5.41) is 2.70. The lowest BCUT2D eigenvalue weighted by atomic mass is 10.5. The number of hydrogen-bond donors (Lipinski definition) is 4. The highest BCUT2D eigenvalue weighted by molar-refractivity contribution is 6.56. The van der Waals surface area contributed by atoms with Gasteiger partial charge in [-0.15, -0.1) is 0 Å². The summed E-state index contributed by atoms with van der Waals surface area (Å²) in [6.07, 6.45) is 0.358. The topological polar surface area (TPSA) is 111 Å². The molecule has 90 valence electrons. The van der Waals surface area contributed by atoms with E-state index >= 15 is 0 Å². The maximum absolute atomic E-state index is 8.74. The molecule has 0 aliphatic carbocycles. The predicted molar refractivity (Wildman–Crippen MR) is 60.2 cm³/mol. The number of rotatable bonds is 5. The van der Waals surface area contributed by atoms with Crippen LogP contribution in [-0.4, -0.2) is 44.7 Å². The van der Waals surface area contributed by atoms with Crippen LogP contribution in [-0.2, 0) is 0 Å². The van der Waals surface area contributed by atoms with Crippen LogP contribution in [0.25, 0.3) is 0 Å². The molecule has 0 fully saturated rings. The molecule has 0 bridgehead atoms. The average Bonchev–Trinajstić information content (AvgIpc) is 2.09. The standard InChI is InChI=1S/C6H10Cl2N4O3Si/c7-4-10-5(8)12-6(11-4)9-2-1-3-16(13,14)15/h13-15H,1-3H2,(H,9,10,11,12). The summed E-state index contributed by atoms with van der Waals surface area (Å²) in [6.45, 7) is 0.354. The number of nitrogens with one attached hydrogen (secondary N) is 1. The van der Waals surface area contributed by atoms with Gasteiger partial charge >= 0.3 is 8.80 Å². The number of nitrogens with zero attached hydrogens (tertiary/aromatic N) is 3. The summed E-state index contributed by atoms with van der Waals surface area (Å²) >= 11 is 11.1. The highest BCUT2D eigenvalue weighted by atomic mass is 35.5. The van der Waals surface area contributed by atoms with Crippen molar-refractivity contribution in [2.75, 3.05) is 11.9 Å². The summed E-state index contributed by atoms with van der Waals surface area (Å²) in [5.41, 5.74) is 0. The zero-order valence-electron chi connectivity index (χ0n) is 8.06. The van der Waals surface area contributed by atoms with Crippen molar-refractivity contribution in [2.45, 2.75) is 12.5 Å². The van der Waals surface area contributed by atoms with Crippen molar-refractivity contribution in [1.29, 1.82) is 0 Å². The summed E-state index contributed by atoms with van der Waals surface area (Å²) in [4.78, 5) is 37.3. The molecule has 0 saturated heterocycles. The molecule has 0 unspecified atom stereocenters. The molecule has 4 N–H and O–H groups in total. The van der Waals surface area contributed by atoms with Crippen molar-refractivity contribution in [3.05, 3.63) is 10.6 Å². The Morgan fingerprint density at radius 3 is 2.12 bits per heavy atom. The zero-order chi connectivity index (χ0) is 12.2. The Hall–Kier alpha value is -0.513. The Balaban J connectivity index is 2.37. The molecule has 1 aromatic rings. The van der Waals surface area contributed by atoms with Gasteiger partial charge in [0.1, 0.15) is 0 Å². The van der Waals surface area contributed by atoms with Gasteiger partial charge < -0.3 is 19.7 Å². The molecule has 1 heterocycles. The molecular weight excluding hydrogens is 275 g/mol. The third-order valence-electron chi connectivity index (χ3n) is 1.55. The lowest BCUT2D eigenvalue weighted by Gasteiger charge is -2.09. The van der Waals surface area contributed by atoms with Crippen molar-refractivity contribution in [3.8, 4) is 0 Å². The van der Waals surface area contributed by atoms with E-state index in [0.29, 0.717) is 13.0 Å². The minimum Gasteiger partial charge on any atom is -0.390 e. The maximum atomic E-state index is 8.74. The summed E-state index contributed by atoms with van der Waals surface area (Å²) in [5.74, 6) is 0.200. The molecule has 1 aromatic heterocycles. The molecule has 0 aromatic carbocycles. The average molecular weight is 285 g/mol. The number of aromatic nitrogens is 3. The van der Waals surface area contributed by atoms with Gasteiger partial charge in [-0.05, 0) is 29.6 Å². The van der Waals surface area contributed by atoms with Crippen LogP contribution in [0, 0.1) is 0 Å². The van der Waals surface area contributed by atoms with E-state index in [1.54, 1.807) is 0 Å². The number of hydrogen-bond acceptors (Lipinski definition) is 7. The Kier molecular flexibility index (Phi) is 4.83. The van der Waals surface area contributed by atoms with Crippen molar-refractivity contribution in [3.63, 3.8) is 0 Å². The molecule has 0 saturated carbocycles. The van der Waals surface area contributed by atoms with Crippen molar-refractivity contribution < 1.29 is 14.4 Å². The first-order chi connectivity index (χ1) is 7.37. The quantitative estimate of drug-likeness (QED) is 0.441. The first kappa shape index (κ1) is 13.6. The highest BCUT2D eigenvalue weighted by Crippen LogP contribution is 2.10. The van der Waals surface area contributed by atoms with Crippen LogP contribution in [0.1, 0.15) is 6.42 Å². The highest BCUT2D eigenvalue weighted by Gasteiger charge is 2.25. The van der Waals surface area contributed by atoms with E-state index in [4.69, 9.17) is 37.6 Å². The molecule has 0 aliphatic heterocycles. The number of halogens is 2. The van der Waals surface area contributed by atoms with E-state index in [9.17, 15) is 0 Å². The molecule has 0 radical (unpaired) electrons. The van der Waals surface area contributed by atoms with Crippen LogP contribution < -0.4 is 5.32 Å². The molecule has 0 amide bonds. The second-order valence-corrected chi connectivity index (χ2v) is 5.73. The van der Waals surface area contributed by atoms with Crippen LogP contribution in [0.4, 0.5) is 5.95 Å². The third-order valence-corrected chi connectivity index (χ3v) is 2.92. The predicted octanol–water partition coefficient (Wildman–Crippen LogP) is -0.104. The minimum atomic E-state index is -3.96. The fourth-order valence-corrected chi connectivity index (χ4v) is 1.95. The molecular formula is C6H10Cl2N4O3Si. The van der Waals surface area contributed by atoms with Crippen molar-refractivity contribution >= 4 is 38.0 Å². The Labute approximate surface area is 102 Å². The molecule has 0 spiro atoms. The van der Waals surface area contributed by atoms with E-state index < -0.39 is 8.80 Å². The number of anilines is 1. The summed E-state index contributed by atoms with van der Waals surface area (Å²) in [6, 6.07) is -0.0629. The third kappa shape index (κ3) is 5.54. The molecule has 10 heteroatoms. The fourth-order valence-electron chi connectivity index (χ4n) is 0.931. The van der Waals surface area contributed by atoms with Crippen LogP contribution >= 0.6 is 23.2 Å². The Morgan fingerprint density at radius 2 is 1.62 bits per heavy atom. The van der Waals surface area contributed by atoms with Crippen molar-refractivity contribution in [2.24, 2.45) is 0 Å². The SMILES string of the molecule is O[Si](O)(O)CCCNc1nc(Cl)nc(Cl)n1. The minimum absolute atomic E-state index is 0.0299. The van der Waals surface area contributed by atoms with Crippen LogP contribution in [0.5, 0.6) is 0 Å². The van der Waals surface area contributed by atoms with Crippen LogP contribution in [0.15, 0.2) is 0 Å². The molecule has 0 aliphatic rings. The smallest absolute Gasteiger partial charge is 0.390 e. The van der Waals surface area contributed by atoms with Gasteiger partial charge in [-0.3, -0.25) is 0 Å². The van der Waals surface area contributed by atoms with E-state index in [2.05, 4.69) is 20.3 Å². The van der Waals surface area contributed by atoms with Crippen LogP contribution in [0.2, 0.25) is 16.6 Å². The van der Waals surface area contributed by atoms with Gasteiger partial charge in [0, 0.05) is 12.6 Å².